The zero-order chi connectivity index (χ0) is 15.9. The van der Waals surface area contributed by atoms with Gasteiger partial charge in [0.2, 0.25) is 0 Å². The van der Waals surface area contributed by atoms with E-state index in [-0.39, 0.29) is 23.1 Å². The molecule has 23 heavy (non-hydrogen) atoms. The van der Waals surface area contributed by atoms with Crippen LogP contribution in [-0.2, 0) is 21.7 Å². The highest BCUT2D eigenvalue weighted by atomic mass is 19.1. The largest absolute Gasteiger partial charge is 0.370 e. The molecule has 0 saturated carbocycles. The van der Waals surface area contributed by atoms with Crippen molar-refractivity contribution in [3.05, 3.63) is 71.5 Å². The van der Waals surface area contributed by atoms with Gasteiger partial charge in [-0.05, 0) is 31.4 Å². The van der Waals surface area contributed by atoms with Crippen LogP contribution in [0, 0.1) is 5.82 Å². The number of fused-ring (bicyclic) bond motifs is 2. The summed E-state index contributed by atoms with van der Waals surface area (Å²) in [6.07, 6.45) is 2.83. The van der Waals surface area contributed by atoms with Crippen LogP contribution in [-0.4, -0.2) is 11.7 Å². The standard InChI is InChI=1S/C20H21FO2/c1-19-11-12-20(23-19,16-8-3-2-4-9-16)13-18(19)22-14-15-7-5-6-10-17(15)21/h2-10,18H,11-14H2,1H3. The van der Waals surface area contributed by atoms with Crippen molar-refractivity contribution in [1.82, 2.24) is 0 Å². The predicted octanol–water partition coefficient (Wildman–Crippen LogP) is 4.58. The third kappa shape index (κ3) is 2.48. The van der Waals surface area contributed by atoms with Gasteiger partial charge in [0.15, 0.2) is 0 Å². The van der Waals surface area contributed by atoms with Crippen LogP contribution < -0.4 is 0 Å². The van der Waals surface area contributed by atoms with Crippen molar-refractivity contribution in [3.8, 4) is 0 Å². The van der Waals surface area contributed by atoms with E-state index in [2.05, 4.69) is 31.2 Å². The molecule has 0 aromatic heterocycles. The zero-order valence-electron chi connectivity index (χ0n) is 13.3. The number of hydrogen-bond donors (Lipinski definition) is 0. The monoisotopic (exact) mass is 312 g/mol. The SMILES string of the molecule is CC12CCC(c3ccccc3)(CC1OCc1ccccc1F)O2. The molecule has 0 N–H and O–H groups in total. The molecule has 3 unspecified atom stereocenters. The van der Waals surface area contributed by atoms with Crippen LogP contribution in [0.3, 0.4) is 0 Å². The van der Waals surface area contributed by atoms with Gasteiger partial charge in [-0.25, -0.2) is 4.39 Å². The van der Waals surface area contributed by atoms with Gasteiger partial charge in [0, 0.05) is 12.0 Å². The van der Waals surface area contributed by atoms with Gasteiger partial charge in [-0.3, -0.25) is 0 Å². The summed E-state index contributed by atoms with van der Waals surface area (Å²) in [6, 6.07) is 17.2. The van der Waals surface area contributed by atoms with Gasteiger partial charge in [0.25, 0.3) is 0 Å². The number of rotatable bonds is 4. The molecule has 0 radical (unpaired) electrons. The molecule has 2 aliphatic rings. The molecule has 0 amide bonds. The summed E-state index contributed by atoms with van der Waals surface area (Å²) in [6.45, 7) is 2.41. The highest BCUT2D eigenvalue weighted by molar-refractivity contribution is 5.28. The molecular weight excluding hydrogens is 291 g/mol. The minimum Gasteiger partial charge on any atom is -0.370 e. The molecule has 2 aliphatic heterocycles. The Hall–Kier alpha value is -1.71. The predicted molar refractivity (Wildman–Crippen MR) is 86.4 cm³/mol. The molecule has 2 aromatic carbocycles. The molecule has 3 atom stereocenters. The summed E-state index contributed by atoms with van der Waals surface area (Å²) in [4.78, 5) is 0. The van der Waals surface area contributed by atoms with Crippen molar-refractivity contribution in [2.24, 2.45) is 0 Å². The van der Waals surface area contributed by atoms with Crippen LogP contribution in [0.4, 0.5) is 4.39 Å². The second-order valence-electron chi connectivity index (χ2n) is 6.87. The summed E-state index contributed by atoms with van der Waals surface area (Å²) < 4.78 is 26.3. The summed E-state index contributed by atoms with van der Waals surface area (Å²) in [5, 5.41) is 0. The van der Waals surface area contributed by atoms with E-state index in [9.17, 15) is 4.39 Å². The topological polar surface area (TPSA) is 18.5 Å². The van der Waals surface area contributed by atoms with Crippen LogP contribution in [0.1, 0.15) is 37.3 Å². The Morgan fingerprint density at radius 1 is 1.09 bits per heavy atom. The molecule has 2 fully saturated rings. The van der Waals surface area contributed by atoms with Crippen LogP contribution in [0.15, 0.2) is 54.6 Å². The van der Waals surface area contributed by atoms with Crippen molar-refractivity contribution in [2.45, 2.75) is 50.1 Å². The van der Waals surface area contributed by atoms with Crippen LogP contribution >= 0.6 is 0 Å². The van der Waals surface area contributed by atoms with E-state index < -0.39 is 0 Å². The average Bonchev–Trinajstić information content (AvgIpc) is 3.07. The Kier molecular flexibility index (Phi) is 3.51. The van der Waals surface area contributed by atoms with Gasteiger partial charge >= 0.3 is 0 Å². The van der Waals surface area contributed by atoms with E-state index in [1.165, 1.54) is 11.6 Å². The first-order chi connectivity index (χ1) is 11.1. The highest BCUT2D eigenvalue weighted by Crippen LogP contribution is 2.57. The minimum atomic E-state index is -0.277. The Bertz CT molecular complexity index is 702. The van der Waals surface area contributed by atoms with Gasteiger partial charge in [0.1, 0.15) is 5.82 Å². The first-order valence-corrected chi connectivity index (χ1v) is 8.22. The van der Waals surface area contributed by atoms with Crippen LogP contribution in [0.5, 0.6) is 0 Å². The van der Waals surface area contributed by atoms with E-state index in [1.807, 2.05) is 12.1 Å². The fraction of sp³-hybridized carbons (Fsp3) is 0.400. The third-order valence-electron chi connectivity index (χ3n) is 5.35. The number of ether oxygens (including phenoxy) is 2. The fourth-order valence-corrected chi connectivity index (χ4v) is 3.99. The van der Waals surface area contributed by atoms with Gasteiger partial charge < -0.3 is 9.47 Å². The molecular formula is C20H21FO2. The van der Waals surface area contributed by atoms with E-state index >= 15 is 0 Å². The number of halogens is 1. The molecule has 3 heteroatoms. The summed E-state index contributed by atoms with van der Waals surface area (Å²) >= 11 is 0. The maximum atomic E-state index is 13.8. The molecule has 2 saturated heterocycles. The van der Waals surface area contributed by atoms with E-state index in [0.717, 1.165) is 19.3 Å². The summed E-state index contributed by atoms with van der Waals surface area (Å²) in [7, 11) is 0. The summed E-state index contributed by atoms with van der Waals surface area (Å²) in [5.41, 5.74) is 1.31. The molecule has 0 aliphatic carbocycles. The van der Waals surface area contributed by atoms with Gasteiger partial charge in [0.05, 0.1) is 23.9 Å². The van der Waals surface area contributed by atoms with Gasteiger partial charge in [-0.2, -0.15) is 0 Å². The molecule has 4 rings (SSSR count). The lowest BCUT2D eigenvalue weighted by Gasteiger charge is -2.30. The van der Waals surface area contributed by atoms with Crippen LogP contribution in [0.25, 0.3) is 0 Å². The molecule has 2 bridgehead atoms. The lowest BCUT2D eigenvalue weighted by atomic mass is 9.77. The van der Waals surface area contributed by atoms with Crippen molar-refractivity contribution >= 4 is 0 Å². The Balaban J connectivity index is 1.52. The van der Waals surface area contributed by atoms with E-state index in [0.29, 0.717) is 12.2 Å². The van der Waals surface area contributed by atoms with Gasteiger partial charge in [-0.15, -0.1) is 0 Å². The van der Waals surface area contributed by atoms with E-state index in [4.69, 9.17) is 9.47 Å². The van der Waals surface area contributed by atoms with Gasteiger partial charge in [-0.1, -0.05) is 48.5 Å². The minimum absolute atomic E-state index is 0.00365. The quantitative estimate of drug-likeness (QED) is 0.823. The first-order valence-electron chi connectivity index (χ1n) is 8.22. The maximum absolute atomic E-state index is 13.8. The zero-order valence-corrected chi connectivity index (χ0v) is 13.3. The molecule has 120 valence electrons. The Labute approximate surface area is 136 Å². The number of hydrogen-bond acceptors (Lipinski definition) is 2. The summed E-state index contributed by atoms with van der Waals surface area (Å²) in [5.74, 6) is -0.209. The number of benzene rings is 2. The van der Waals surface area contributed by atoms with E-state index in [1.54, 1.807) is 12.1 Å². The van der Waals surface area contributed by atoms with Crippen molar-refractivity contribution in [3.63, 3.8) is 0 Å². The average molecular weight is 312 g/mol. The highest BCUT2D eigenvalue weighted by Gasteiger charge is 2.60. The molecule has 2 aromatic rings. The maximum Gasteiger partial charge on any atom is 0.128 e. The van der Waals surface area contributed by atoms with Crippen molar-refractivity contribution < 1.29 is 13.9 Å². The first kappa shape index (κ1) is 14.9. The smallest absolute Gasteiger partial charge is 0.128 e. The second kappa shape index (κ2) is 5.43. The lowest BCUT2D eigenvalue weighted by molar-refractivity contribution is -0.0880. The molecule has 2 heterocycles. The normalized spacial score (nSPS) is 32.3. The fourth-order valence-electron chi connectivity index (χ4n) is 3.99. The Morgan fingerprint density at radius 3 is 2.61 bits per heavy atom. The van der Waals surface area contributed by atoms with Crippen molar-refractivity contribution in [1.29, 1.82) is 0 Å². The van der Waals surface area contributed by atoms with Crippen LogP contribution in [0.2, 0.25) is 0 Å². The molecule has 0 spiro atoms. The Morgan fingerprint density at radius 2 is 1.83 bits per heavy atom. The molecule has 2 nitrogen and oxygen atoms in total. The van der Waals surface area contributed by atoms with Crippen molar-refractivity contribution in [2.75, 3.05) is 0 Å². The second-order valence-corrected chi connectivity index (χ2v) is 6.87. The third-order valence-corrected chi connectivity index (χ3v) is 5.35. The lowest BCUT2D eigenvalue weighted by Crippen LogP contribution is -2.37.